The second-order valence-corrected chi connectivity index (χ2v) is 7.51. The average molecular weight is 434 g/mol. The third-order valence-electron chi connectivity index (χ3n) is 5.01. The van der Waals surface area contributed by atoms with Gasteiger partial charge in [0.25, 0.3) is 17.4 Å². The zero-order valence-corrected chi connectivity index (χ0v) is 17.2. The quantitative estimate of drug-likeness (QED) is 0.399. The number of benzene rings is 1. The van der Waals surface area contributed by atoms with Gasteiger partial charge in [-0.15, -0.1) is 0 Å². The first-order chi connectivity index (χ1) is 14.3. The molecule has 0 aliphatic heterocycles. The molecule has 0 unspecified atom stereocenters. The summed E-state index contributed by atoms with van der Waals surface area (Å²) in [5.41, 5.74) is 11.2. The van der Waals surface area contributed by atoms with Gasteiger partial charge in [-0.05, 0) is 31.0 Å². The van der Waals surface area contributed by atoms with Gasteiger partial charge in [-0.2, -0.15) is 4.98 Å². The van der Waals surface area contributed by atoms with Crippen molar-refractivity contribution in [3.8, 4) is 0 Å². The number of H-pyrrole nitrogens is 1. The molecule has 1 aliphatic rings. The highest BCUT2D eigenvalue weighted by Crippen LogP contribution is 2.25. The molecular formula is C19H24ClN7O3. The van der Waals surface area contributed by atoms with Crippen LogP contribution in [0.2, 0.25) is 5.02 Å². The molecule has 0 bridgehead atoms. The lowest BCUT2D eigenvalue weighted by Crippen LogP contribution is -2.43. The highest BCUT2D eigenvalue weighted by atomic mass is 35.5. The fourth-order valence-electron chi connectivity index (χ4n) is 3.42. The molecule has 2 amide bonds. The number of halogens is 1. The van der Waals surface area contributed by atoms with Crippen LogP contribution < -0.4 is 33.0 Å². The minimum Gasteiger partial charge on any atom is -0.365 e. The van der Waals surface area contributed by atoms with Crippen LogP contribution in [-0.4, -0.2) is 40.9 Å². The predicted molar refractivity (Wildman–Crippen MR) is 115 cm³/mol. The first-order valence-electron chi connectivity index (χ1n) is 9.55. The van der Waals surface area contributed by atoms with Gasteiger partial charge in [-0.25, -0.2) is 0 Å². The number of amides is 2. The van der Waals surface area contributed by atoms with Crippen LogP contribution in [0.4, 0.5) is 17.5 Å². The van der Waals surface area contributed by atoms with E-state index in [-0.39, 0.29) is 45.9 Å². The Bertz CT molecular complexity index is 1020. The number of aromatic nitrogens is 2. The van der Waals surface area contributed by atoms with Crippen molar-refractivity contribution in [3.63, 3.8) is 0 Å². The first kappa shape index (κ1) is 21.6. The third kappa shape index (κ3) is 4.71. The summed E-state index contributed by atoms with van der Waals surface area (Å²) in [4.78, 5) is 43.0. The number of carbonyl (C=O) groups is 2. The highest BCUT2D eigenvalue weighted by Gasteiger charge is 2.24. The molecule has 1 aliphatic carbocycles. The molecule has 11 heteroatoms. The number of aromatic amines is 1. The van der Waals surface area contributed by atoms with E-state index < -0.39 is 11.5 Å². The summed E-state index contributed by atoms with van der Waals surface area (Å²) < 4.78 is 0. The summed E-state index contributed by atoms with van der Waals surface area (Å²) in [6.07, 6.45) is 3.81. The van der Waals surface area contributed by atoms with Gasteiger partial charge in [0.05, 0.1) is 10.6 Å². The van der Waals surface area contributed by atoms with Crippen LogP contribution in [0, 0.1) is 0 Å². The fraction of sp³-hybridized carbons (Fsp3) is 0.368. The summed E-state index contributed by atoms with van der Waals surface area (Å²) in [6, 6.07) is 4.47. The molecule has 2 atom stereocenters. The van der Waals surface area contributed by atoms with Crippen molar-refractivity contribution in [2.24, 2.45) is 11.5 Å². The summed E-state index contributed by atoms with van der Waals surface area (Å²) >= 11 is 6.17. The molecule has 10 nitrogen and oxygen atoms in total. The topological polar surface area (TPSA) is 168 Å². The Morgan fingerprint density at radius 1 is 1.27 bits per heavy atom. The lowest BCUT2D eigenvalue weighted by Gasteiger charge is -2.29. The fourth-order valence-corrected chi connectivity index (χ4v) is 3.69. The Balaban J connectivity index is 1.93. The Kier molecular flexibility index (Phi) is 6.58. The first-order valence-corrected chi connectivity index (χ1v) is 9.93. The second kappa shape index (κ2) is 9.14. The SMILES string of the molecule is CNC(=O)c1ccc(Nc2nc(N[C@H]3CCCC[C@@H]3N)[nH]c(=O)c2C(N)=O)cc1Cl. The predicted octanol–water partition coefficient (Wildman–Crippen LogP) is 1.31. The number of nitrogens with zero attached hydrogens (tertiary/aromatic N) is 1. The Morgan fingerprint density at radius 2 is 2.00 bits per heavy atom. The van der Waals surface area contributed by atoms with Gasteiger partial charge in [0.15, 0.2) is 5.82 Å². The van der Waals surface area contributed by atoms with Gasteiger partial charge in [-0.1, -0.05) is 24.4 Å². The van der Waals surface area contributed by atoms with E-state index in [0.29, 0.717) is 5.69 Å². The number of nitrogens with one attached hydrogen (secondary N) is 4. The van der Waals surface area contributed by atoms with Crippen LogP contribution in [-0.2, 0) is 0 Å². The normalized spacial score (nSPS) is 18.5. The molecule has 0 spiro atoms. The van der Waals surface area contributed by atoms with Gasteiger partial charge < -0.3 is 27.4 Å². The van der Waals surface area contributed by atoms with E-state index in [1.54, 1.807) is 6.07 Å². The second-order valence-electron chi connectivity index (χ2n) is 7.10. The molecule has 0 saturated heterocycles. The molecule has 1 saturated carbocycles. The smallest absolute Gasteiger partial charge is 0.267 e. The van der Waals surface area contributed by atoms with Crippen molar-refractivity contribution >= 4 is 40.9 Å². The molecule has 0 radical (unpaired) electrons. The van der Waals surface area contributed by atoms with Gasteiger partial charge >= 0.3 is 0 Å². The zero-order chi connectivity index (χ0) is 21.8. The standard InChI is InChI=1S/C19H24ClN7O3/c1-23-17(29)10-7-6-9(8-11(10)20)24-16-14(15(22)28)18(30)27-19(26-16)25-13-5-3-2-4-12(13)21/h6-8,12-13H,2-5,21H2,1H3,(H2,22,28)(H,23,29)(H3,24,25,26,27,30)/t12-,13-/m0/s1. The van der Waals surface area contributed by atoms with E-state index in [1.807, 2.05) is 0 Å². The Labute approximate surface area is 177 Å². The molecule has 1 fully saturated rings. The number of hydrogen-bond acceptors (Lipinski definition) is 7. The maximum absolute atomic E-state index is 12.5. The van der Waals surface area contributed by atoms with E-state index in [4.69, 9.17) is 23.1 Å². The van der Waals surface area contributed by atoms with E-state index >= 15 is 0 Å². The number of hydrogen-bond donors (Lipinski definition) is 6. The van der Waals surface area contributed by atoms with Crippen molar-refractivity contribution in [2.45, 2.75) is 37.8 Å². The van der Waals surface area contributed by atoms with Crippen molar-refractivity contribution < 1.29 is 9.59 Å². The van der Waals surface area contributed by atoms with Gasteiger partial charge in [-0.3, -0.25) is 19.4 Å². The van der Waals surface area contributed by atoms with Crippen LogP contribution >= 0.6 is 11.6 Å². The van der Waals surface area contributed by atoms with Gasteiger partial charge in [0, 0.05) is 24.8 Å². The molecule has 3 rings (SSSR count). The number of primary amides is 1. The van der Waals surface area contributed by atoms with E-state index in [1.165, 1.54) is 19.2 Å². The third-order valence-corrected chi connectivity index (χ3v) is 5.32. The molecular weight excluding hydrogens is 410 g/mol. The molecule has 30 heavy (non-hydrogen) atoms. The number of carbonyl (C=O) groups excluding carboxylic acids is 2. The average Bonchev–Trinajstić information content (AvgIpc) is 2.68. The maximum atomic E-state index is 12.5. The number of rotatable bonds is 6. The van der Waals surface area contributed by atoms with Crippen molar-refractivity contribution in [1.82, 2.24) is 15.3 Å². The summed E-state index contributed by atoms with van der Waals surface area (Å²) in [6.45, 7) is 0. The lowest BCUT2D eigenvalue weighted by atomic mass is 9.91. The highest BCUT2D eigenvalue weighted by molar-refractivity contribution is 6.34. The minimum absolute atomic E-state index is 0.0260. The van der Waals surface area contributed by atoms with Crippen molar-refractivity contribution in [2.75, 3.05) is 17.7 Å². The summed E-state index contributed by atoms with van der Waals surface area (Å²) in [5, 5.41) is 8.72. The zero-order valence-electron chi connectivity index (χ0n) is 16.4. The molecule has 8 N–H and O–H groups in total. The largest absolute Gasteiger partial charge is 0.365 e. The van der Waals surface area contributed by atoms with Crippen LogP contribution in [0.25, 0.3) is 0 Å². The maximum Gasteiger partial charge on any atom is 0.267 e. The van der Waals surface area contributed by atoms with E-state index in [0.717, 1.165) is 25.7 Å². The van der Waals surface area contributed by atoms with Crippen molar-refractivity contribution in [3.05, 3.63) is 44.7 Å². The van der Waals surface area contributed by atoms with Crippen LogP contribution in [0.5, 0.6) is 0 Å². The minimum atomic E-state index is -0.930. The molecule has 1 heterocycles. The van der Waals surface area contributed by atoms with Gasteiger partial charge in [0.2, 0.25) is 5.95 Å². The monoisotopic (exact) mass is 433 g/mol. The van der Waals surface area contributed by atoms with E-state index in [9.17, 15) is 14.4 Å². The van der Waals surface area contributed by atoms with Crippen LogP contribution in [0.15, 0.2) is 23.0 Å². The molecule has 160 valence electrons. The molecule has 1 aromatic heterocycles. The summed E-state index contributed by atoms with van der Waals surface area (Å²) in [7, 11) is 1.50. The van der Waals surface area contributed by atoms with E-state index in [2.05, 4.69) is 25.9 Å². The van der Waals surface area contributed by atoms with Crippen LogP contribution in [0.1, 0.15) is 46.4 Å². The Hall–Kier alpha value is -3.11. The Morgan fingerprint density at radius 3 is 2.63 bits per heavy atom. The molecule has 1 aromatic carbocycles. The van der Waals surface area contributed by atoms with Crippen LogP contribution in [0.3, 0.4) is 0 Å². The van der Waals surface area contributed by atoms with Crippen molar-refractivity contribution in [1.29, 1.82) is 0 Å². The number of nitrogens with two attached hydrogens (primary N) is 2. The number of anilines is 3. The lowest BCUT2D eigenvalue weighted by molar-refractivity contribution is 0.0961. The summed E-state index contributed by atoms with van der Waals surface area (Å²) in [5.74, 6) is -1.11. The van der Waals surface area contributed by atoms with Gasteiger partial charge in [0.1, 0.15) is 5.56 Å². The molecule has 2 aromatic rings.